The Bertz CT molecular complexity index is 1220. The normalized spacial score (nSPS) is 26.4. The lowest BCUT2D eigenvalue weighted by atomic mass is 10.1. The molecule has 6 atom stereocenters. The highest BCUT2D eigenvalue weighted by Crippen LogP contribution is 2.44. The van der Waals surface area contributed by atoms with Gasteiger partial charge in [0, 0.05) is 11.1 Å². The van der Waals surface area contributed by atoms with Crippen molar-refractivity contribution in [2.24, 2.45) is 5.11 Å². The van der Waals surface area contributed by atoms with Crippen molar-refractivity contribution in [2.75, 3.05) is 12.3 Å². The average molecular weight is 511 g/mol. The fraction of sp³-hybridized carbons (Fsp3) is 0.389. The number of nitrogens with one attached hydrogen (secondary N) is 1. The summed E-state index contributed by atoms with van der Waals surface area (Å²) in [5, 5.41) is 35.6. The first-order valence-electron chi connectivity index (χ1n) is 9.95. The van der Waals surface area contributed by atoms with Crippen molar-refractivity contribution in [3.8, 4) is 0 Å². The number of rotatable bonds is 10. The topological polar surface area (TPSA) is 255 Å². The van der Waals surface area contributed by atoms with Crippen LogP contribution in [0.1, 0.15) is 11.8 Å². The lowest BCUT2D eigenvalue weighted by Gasteiger charge is -2.28. The largest absolute Gasteiger partial charge is 0.480 e. The maximum absolute atomic E-state index is 12.6. The van der Waals surface area contributed by atoms with E-state index in [1.807, 2.05) is 5.09 Å². The molecule has 3 rings (SSSR count). The fourth-order valence-electron chi connectivity index (χ4n) is 3.37. The number of carbonyl (C=O) groups is 1. The van der Waals surface area contributed by atoms with Crippen LogP contribution in [-0.2, 0) is 25.0 Å². The first-order valence-corrected chi connectivity index (χ1v) is 11.5. The van der Waals surface area contributed by atoms with E-state index >= 15 is 0 Å². The Hall–Kier alpha value is -3.33. The highest BCUT2D eigenvalue weighted by molar-refractivity contribution is 7.50. The molecule has 17 heteroatoms. The molecule has 7 N–H and O–H groups in total. The van der Waals surface area contributed by atoms with Gasteiger partial charge in [-0.1, -0.05) is 35.4 Å². The van der Waals surface area contributed by atoms with E-state index in [2.05, 4.69) is 15.0 Å². The van der Waals surface area contributed by atoms with Crippen LogP contribution in [0.2, 0.25) is 0 Å². The first kappa shape index (κ1) is 26.3. The second-order valence-corrected chi connectivity index (χ2v) is 9.08. The molecular formula is C18H22N7O9P. The molecule has 0 spiro atoms. The fourth-order valence-corrected chi connectivity index (χ4v) is 4.40. The third-order valence-electron chi connectivity index (χ3n) is 5.09. The van der Waals surface area contributed by atoms with Crippen molar-refractivity contribution in [2.45, 2.75) is 36.6 Å². The van der Waals surface area contributed by atoms with E-state index in [-0.39, 0.29) is 12.2 Å². The van der Waals surface area contributed by atoms with Gasteiger partial charge < -0.3 is 30.7 Å². The highest BCUT2D eigenvalue weighted by atomic mass is 31.2. The van der Waals surface area contributed by atoms with E-state index in [9.17, 15) is 34.4 Å². The Labute approximate surface area is 196 Å². The van der Waals surface area contributed by atoms with Crippen molar-refractivity contribution in [1.82, 2.24) is 14.6 Å². The summed E-state index contributed by atoms with van der Waals surface area (Å²) in [5.41, 5.74) is 11.5. The van der Waals surface area contributed by atoms with E-state index in [0.29, 0.717) is 5.56 Å². The molecule has 16 nitrogen and oxygen atoms in total. The standard InChI is InChI=1S/C18H22N7O9P/c19-12-6-7-25(17(30)21-12)15-13(26)14(27)18(34-15,23-24-20)9-33-35(31,32)22-11(16(28)29)8-10-4-2-1-3-5-10/h1-7,11,13-15,26-27H,8-9H2,(H,28,29)(H2,19,21,30)(H2,22,31,32)/t11-,13+,14-,15+,18+/m0/s1. The molecule has 1 fully saturated rings. The molecule has 1 aromatic carbocycles. The van der Waals surface area contributed by atoms with Gasteiger partial charge in [0.05, 0.1) is 6.61 Å². The minimum atomic E-state index is -4.90. The monoisotopic (exact) mass is 511 g/mol. The van der Waals surface area contributed by atoms with Gasteiger partial charge in [0.25, 0.3) is 0 Å². The summed E-state index contributed by atoms with van der Waals surface area (Å²) in [6, 6.07) is 7.94. The van der Waals surface area contributed by atoms with E-state index < -0.39 is 56.2 Å². The molecular weight excluding hydrogens is 489 g/mol. The number of nitrogen functional groups attached to an aromatic ring is 1. The van der Waals surface area contributed by atoms with E-state index in [1.165, 1.54) is 6.07 Å². The molecule has 0 amide bonds. The van der Waals surface area contributed by atoms with Crippen molar-refractivity contribution in [1.29, 1.82) is 0 Å². The Morgan fingerprint density at radius 2 is 2.09 bits per heavy atom. The first-order chi connectivity index (χ1) is 16.5. The van der Waals surface area contributed by atoms with Gasteiger partial charge in [-0.3, -0.25) is 13.9 Å². The number of carboxylic acids is 1. The molecule has 0 radical (unpaired) electrons. The highest BCUT2D eigenvalue weighted by Gasteiger charge is 2.56. The number of hydrogen-bond donors (Lipinski definition) is 6. The molecule has 1 aliphatic rings. The lowest BCUT2D eigenvalue weighted by molar-refractivity contribution is -0.139. The van der Waals surface area contributed by atoms with Crippen molar-refractivity contribution in [3.63, 3.8) is 0 Å². The summed E-state index contributed by atoms with van der Waals surface area (Å²) in [5.74, 6) is -1.57. The molecule has 0 saturated carbocycles. The third kappa shape index (κ3) is 6.03. The molecule has 35 heavy (non-hydrogen) atoms. The Kier molecular flexibility index (Phi) is 7.90. The maximum atomic E-state index is 12.6. The van der Waals surface area contributed by atoms with Gasteiger partial charge in [0.1, 0.15) is 24.1 Å². The van der Waals surface area contributed by atoms with Gasteiger partial charge in [-0.05, 0) is 23.6 Å². The van der Waals surface area contributed by atoms with Gasteiger partial charge in [0.2, 0.25) is 5.72 Å². The summed E-state index contributed by atoms with van der Waals surface area (Å²) in [4.78, 5) is 39.9. The second kappa shape index (κ2) is 10.5. The van der Waals surface area contributed by atoms with Crippen LogP contribution >= 0.6 is 7.75 Å². The molecule has 188 valence electrons. The zero-order valence-corrected chi connectivity index (χ0v) is 18.8. The summed E-state index contributed by atoms with van der Waals surface area (Å²) in [7, 11) is -4.90. The van der Waals surface area contributed by atoms with Gasteiger partial charge in [-0.2, -0.15) is 4.98 Å². The van der Waals surface area contributed by atoms with Gasteiger partial charge in [-0.25, -0.2) is 14.4 Å². The Morgan fingerprint density at radius 3 is 2.69 bits per heavy atom. The Balaban J connectivity index is 1.79. The third-order valence-corrected chi connectivity index (χ3v) is 6.21. The minimum Gasteiger partial charge on any atom is -0.480 e. The maximum Gasteiger partial charge on any atom is 0.403 e. The van der Waals surface area contributed by atoms with Crippen LogP contribution in [0.15, 0.2) is 52.5 Å². The smallest absolute Gasteiger partial charge is 0.403 e. The number of carboxylic acid groups (broad SMARTS) is 1. The van der Waals surface area contributed by atoms with Crippen LogP contribution in [0.25, 0.3) is 10.4 Å². The molecule has 2 heterocycles. The van der Waals surface area contributed by atoms with E-state index in [0.717, 1.165) is 10.8 Å². The minimum absolute atomic E-state index is 0.125. The number of hydrogen-bond acceptors (Lipinski definition) is 10. The average Bonchev–Trinajstić information content (AvgIpc) is 3.04. The molecule has 1 unspecified atom stereocenters. The van der Waals surface area contributed by atoms with Crippen LogP contribution in [0.3, 0.4) is 0 Å². The molecule has 1 saturated heterocycles. The molecule has 0 aliphatic carbocycles. The van der Waals surface area contributed by atoms with E-state index in [4.69, 9.17) is 20.5 Å². The summed E-state index contributed by atoms with van der Waals surface area (Å²) < 4.78 is 23.7. The number of nitrogens with two attached hydrogens (primary N) is 1. The van der Waals surface area contributed by atoms with Crippen molar-refractivity contribution in [3.05, 3.63) is 69.1 Å². The zero-order chi connectivity index (χ0) is 25.8. The number of azide groups is 1. The van der Waals surface area contributed by atoms with Crippen molar-refractivity contribution < 1.29 is 38.8 Å². The number of nitrogens with zero attached hydrogens (tertiary/aromatic N) is 5. The predicted octanol–water partition coefficient (Wildman–Crippen LogP) is -0.515. The summed E-state index contributed by atoms with van der Waals surface area (Å²) in [6.07, 6.45) is -4.57. The SMILES string of the molecule is [N-]=[N+]=N[C@]1(COP(=O)(O)N[C@@H](Cc2ccccc2)C(=O)O)O[C@@H](n2ccc(N)nc2=O)[C@H](O)[C@@H]1O. The van der Waals surface area contributed by atoms with Gasteiger partial charge in [-0.15, -0.1) is 0 Å². The van der Waals surface area contributed by atoms with Gasteiger partial charge in [0.15, 0.2) is 6.23 Å². The lowest BCUT2D eigenvalue weighted by Crippen LogP contribution is -2.45. The number of aliphatic hydroxyl groups excluding tert-OH is 2. The molecule has 2 aromatic rings. The number of ether oxygens (including phenoxy) is 1. The van der Waals surface area contributed by atoms with Crippen LogP contribution in [0.5, 0.6) is 0 Å². The number of aliphatic carboxylic acids is 1. The van der Waals surface area contributed by atoms with Crippen LogP contribution in [-0.4, -0.2) is 66.3 Å². The number of aromatic nitrogens is 2. The molecule has 1 aliphatic heterocycles. The Morgan fingerprint density at radius 1 is 1.40 bits per heavy atom. The van der Waals surface area contributed by atoms with Crippen LogP contribution < -0.4 is 16.5 Å². The van der Waals surface area contributed by atoms with E-state index in [1.54, 1.807) is 30.3 Å². The van der Waals surface area contributed by atoms with Crippen LogP contribution in [0, 0.1) is 0 Å². The number of aliphatic hydroxyl groups is 2. The molecule has 1 aromatic heterocycles. The number of benzene rings is 1. The quantitative estimate of drug-likeness (QED) is 0.102. The summed E-state index contributed by atoms with van der Waals surface area (Å²) >= 11 is 0. The second-order valence-electron chi connectivity index (χ2n) is 7.52. The predicted molar refractivity (Wildman–Crippen MR) is 117 cm³/mol. The van der Waals surface area contributed by atoms with Gasteiger partial charge >= 0.3 is 19.4 Å². The van der Waals surface area contributed by atoms with Crippen molar-refractivity contribution >= 4 is 19.5 Å². The summed E-state index contributed by atoms with van der Waals surface area (Å²) in [6.45, 7) is -1.10. The van der Waals surface area contributed by atoms with Crippen LogP contribution in [0.4, 0.5) is 5.82 Å². The molecule has 0 bridgehead atoms. The zero-order valence-electron chi connectivity index (χ0n) is 17.9. The number of anilines is 1.